The Morgan fingerprint density at radius 2 is 2.17 bits per heavy atom. The van der Waals surface area contributed by atoms with Crippen molar-refractivity contribution < 1.29 is 9.90 Å². The molecule has 0 aliphatic heterocycles. The number of hydrogen-bond acceptors (Lipinski definition) is 3. The minimum Gasteiger partial charge on any atom is -0.481 e. The van der Waals surface area contributed by atoms with E-state index in [2.05, 4.69) is 13.8 Å². The standard InChI is InChI=1S/C8H17NO2S/c1-6(2)3-7(9)4-12-5-8(10)11/h6-7H,3-5,9H2,1-2H3,(H,10,11). The molecule has 0 amide bonds. The van der Waals surface area contributed by atoms with Crippen molar-refractivity contribution in [1.29, 1.82) is 0 Å². The Bertz CT molecular complexity index is 139. The molecular formula is C8H17NO2S. The van der Waals surface area contributed by atoms with E-state index in [0.717, 1.165) is 12.2 Å². The topological polar surface area (TPSA) is 63.3 Å². The van der Waals surface area contributed by atoms with Gasteiger partial charge in [-0.15, -0.1) is 11.8 Å². The summed E-state index contributed by atoms with van der Waals surface area (Å²) < 4.78 is 0. The van der Waals surface area contributed by atoms with E-state index in [9.17, 15) is 4.79 Å². The van der Waals surface area contributed by atoms with Crippen LogP contribution in [0.1, 0.15) is 20.3 Å². The molecule has 0 aromatic heterocycles. The zero-order valence-electron chi connectivity index (χ0n) is 7.62. The maximum atomic E-state index is 10.1. The van der Waals surface area contributed by atoms with Gasteiger partial charge >= 0.3 is 5.97 Å². The molecule has 0 aliphatic rings. The third kappa shape index (κ3) is 7.88. The van der Waals surface area contributed by atoms with Crippen LogP contribution < -0.4 is 5.73 Å². The van der Waals surface area contributed by atoms with Gasteiger partial charge in [0.15, 0.2) is 0 Å². The van der Waals surface area contributed by atoms with E-state index >= 15 is 0 Å². The SMILES string of the molecule is CC(C)CC(N)CSCC(=O)O. The largest absolute Gasteiger partial charge is 0.481 e. The Labute approximate surface area is 77.7 Å². The van der Waals surface area contributed by atoms with Gasteiger partial charge in [0.2, 0.25) is 0 Å². The molecule has 4 heteroatoms. The average Bonchev–Trinajstić information content (AvgIpc) is 1.84. The number of carboxylic acids is 1. The van der Waals surface area contributed by atoms with Gasteiger partial charge in [-0.2, -0.15) is 0 Å². The molecule has 0 aliphatic carbocycles. The second-order valence-electron chi connectivity index (χ2n) is 3.30. The predicted octanol–water partition coefficient (Wildman–Crippen LogP) is 1.18. The molecule has 0 saturated heterocycles. The highest BCUT2D eigenvalue weighted by Crippen LogP contribution is 2.08. The van der Waals surface area contributed by atoms with Gasteiger partial charge in [-0.1, -0.05) is 13.8 Å². The van der Waals surface area contributed by atoms with Crippen LogP contribution in [-0.4, -0.2) is 28.6 Å². The zero-order valence-corrected chi connectivity index (χ0v) is 8.43. The maximum absolute atomic E-state index is 10.1. The molecule has 3 nitrogen and oxygen atoms in total. The monoisotopic (exact) mass is 191 g/mol. The molecule has 0 fully saturated rings. The molecule has 0 rings (SSSR count). The number of aliphatic carboxylic acids is 1. The minimum atomic E-state index is -0.767. The number of carboxylic acid groups (broad SMARTS) is 1. The lowest BCUT2D eigenvalue weighted by molar-refractivity contribution is -0.133. The summed E-state index contributed by atoms with van der Waals surface area (Å²) >= 11 is 1.39. The molecular weight excluding hydrogens is 174 g/mol. The maximum Gasteiger partial charge on any atom is 0.313 e. The fraction of sp³-hybridized carbons (Fsp3) is 0.875. The molecule has 1 unspecified atom stereocenters. The number of rotatable bonds is 6. The van der Waals surface area contributed by atoms with E-state index in [0.29, 0.717) is 5.92 Å². The van der Waals surface area contributed by atoms with Crippen LogP contribution in [0.2, 0.25) is 0 Å². The van der Waals surface area contributed by atoms with E-state index < -0.39 is 5.97 Å². The van der Waals surface area contributed by atoms with E-state index in [4.69, 9.17) is 10.8 Å². The average molecular weight is 191 g/mol. The van der Waals surface area contributed by atoms with Crippen molar-refractivity contribution in [3.63, 3.8) is 0 Å². The summed E-state index contributed by atoms with van der Waals surface area (Å²) in [4.78, 5) is 10.1. The third-order valence-corrected chi connectivity index (χ3v) is 2.45. The van der Waals surface area contributed by atoms with Crippen molar-refractivity contribution in [1.82, 2.24) is 0 Å². The summed E-state index contributed by atoms with van der Waals surface area (Å²) in [5.41, 5.74) is 5.75. The van der Waals surface area contributed by atoms with Crippen molar-refractivity contribution in [2.75, 3.05) is 11.5 Å². The molecule has 0 heterocycles. The summed E-state index contributed by atoms with van der Waals surface area (Å²) in [6.45, 7) is 4.23. The van der Waals surface area contributed by atoms with Crippen molar-refractivity contribution >= 4 is 17.7 Å². The van der Waals surface area contributed by atoms with Gasteiger partial charge < -0.3 is 10.8 Å². The Morgan fingerprint density at radius 1 is 1.58 bits per heavy atom. The summed E-state index contributed by atoms with van der Waals surface area (Å²) in [6.07, 6.45) is 0.965. The van der Waals surface area contributed by atoms with Gasteiger partial charge in [0.05, 0.1) is 5.75 Å². The van der Waals surface area contributed by atoms with Crippen molar-refractivity contribution in [2.24, 2.45) is 11.7 Å². The van der Waals surface area contributed by atoms with Crippen molar-refractivity contribution in [3.8, 4) is 0 Å². The molecule has 3 N–H and O–H groups in total. The van der Waals surface area contributed by atoms with Gasteiger partial charge in [-0.3, -0.25) is 4.79 Å². The van der Waals surface area contributed by atoms with Crippen molar-refractivity contribution in [2.45, 2.75) is 26.3 Å². The van der Waals surface area contributed by atoms with E-state index in [-0.39, 0.29) is 11.8 Å². The Morgan fingerprint density at radius 3 is 2.58 bits per heavy atom. The van der Waals surface area contributed by atoms with Crippen LogP contribution in [0.25, 0.3) is 0 Å². The molecule has 0 saturated carbocycles. The number of nitrogens with two attached hydrogens (primary N) is 1. The van der Waals surface area contributed by atoms with Crippen LogP contribution in [0, 0.1) is 5.92 Å². The van der Waals surface area contributed by atoms with Gasteiger partial charge in [-0.25, -0.2) is 0 Å². The second-order valence-corrected chi connectivity index (χ2v) is 4.33. The van der Waals surface area contributed by atoms with Gasteiger partial charge in [-0.05, 0) is 12.3 Å². The quantitative estimate of drug-likeness (QED) is 0.661. The summed E-state index contributed by atoms with van der Waals surface area (Å²) in [5.74, 6) is 0.721. The van der Waals surface area contributed by atoms with Crippen LogP contribution >= 0.6 is 11.8 Å². The highest BCUT2D eigenvalue weighted by atomic mass is 32.2. The van der Waals surface area contributed by atoms with Gasteiger partial charge in [0.1, 0.15) is 0 Å². The summed E-state index contributed by atoms with van der Waals surface area (Å²) in [7, 11) is 0. The van der Waals surface area contributed by atoms with Crippen LogP contribution in [-0.2, 0) is 4.79 Å². The van der Waals surface area contributed by atoms with Crippen LogP contribution in [0.3, 0.4) is 0 Å². The van der Waals surface area contributed by atoms with E-state index in [1.54, 1.807) is 0 Å². The summed E-state index contributed by atoms with van der Waals surface area (Å²) in [6, 6.07) is 0.134. The molecule has 72 valence electrons. The van der Waals surface area contributed by atoms with Crippen LogP contribution in [0.4, 0.5) is 0 Å². The number of thioether (sulfide) groups is 1. The zero-order chi connectivity index (χ0) is 9.56. The lowest BCUT2D eigenvalue weighted by Crippen LogP contribution is -2.25. The highest BCUT2D eigenvalue weighted by molar-refractivity contribution is 7.99. The molecule has 1 atom stereocenters. The molecule has 0 spiro atoms. The summed E-state index contributed by atoms with van der Waals surface area (Å²) in [5, 5.41) is 8.35. The Kier molecular flexibility index (Phi) is 6.20. The second kappa shape index (κ2) is 6.31. The highest BCUT2D eigenvalue weighted by Gasteiger charge is 2.06. The first-order valence-corrected chi connectivity index (χ1v) is 5.23. The van der Waals surface area contributed by atoms with Gasteiger partial charge in [0, 0.05) is 11.8 Å². The van der Waals surface area contributed by atoms with Crippen molar-refractivity contribution in [3.05, 3.63) is 0 Å². The molecule has 0 aromatic carbocycles. The molecule has 0 bridgehead atoms. The smallest absolute Gasteiger partial charge is 0.313 e. The lowest BCUT2D eigenvalue weighted by atomic mass is 10.1. The van der Waals surface area contributed by atoms with Crippen LogP contribution in [0.15, 0.2) is 0 Å². The first kappa shape index (κ1) is 11.8. The van der Waals surface area contributed by atoms with Gasteiger partial charge in [0.25, 0.3) is 0 Å². The van der Waals surface area contributed by atoms with E-state index in [1.807, 2.05) is 0 Å². The fourth-order valence-electron chi connectivity index (χ4n) is 0.971. The predicted molar refractivity (Wildman–Crippen MR) is 52.4 cm³/mol. The Hall–Kier alpha value is -0.220. The third-order valence-electron chi connectivity index (χ3n) is 1.33. The van der Waals surface area contributed by atoms with Crippen LogP contribution in [0.5, 0.6) is 0 Å². The fourth-order valence-corrected chi connectivity index (χ4v) is 1.70. The molecule has 0 radical (unpaired) electrons. The number of hydrogen-bond donors (Lipinski definition) is 2. The molecule has 12 heavy (non-hydrogen) atoms. The minimum absolute atomic E-state index is 0.134. The first-order valence-electron chi connectivity index (χ1n) is 4.07. The Balaban J connectivity index is 3.31. The van der Waals surface area contributed by atoms with E-state index in [1.165, 1.54) is 11.8 Å². The normalized spacial score (nSPS) is 13.3. The first-order chi connectivity index (χ1) is 5.52. The number of carbonyl (C=O) groups is 1. The molecule has 0 aromatic rings. The lowest BCUT2D eigenvalue weighted by Gasteiger charge is -2.12.